The number of aromatic nitrogens is 1. The van der Waals surface area contributed by atoms with Gasteiger partial charge in [-0.2, -0.15) is 0 Å². The summed E-state index contributed by atoms with van der Waals surface area (Å²) in [4.78, 5) is 29.7. The van der Waals surface area contributed by atoms with Crippen LogP contribution in [0.4, 0.5) is 0 Å². The summed E-state index contributed by atoms with van der Waals surface area (Å²) < 4.78 is 0. The number of hydrogen-bond donors (Lipinski definition) is 3. The van der Waals surface area contributed by atoms with Gasteiger partial charge in [0.25, 0.3) is 5.91 Å². The standard InChI is InChI=1S/C17H27N3O3/c1-12(2)10-15(19-16(22)14-4-3-7-18-14)17(23)20-8-5-13(11-21)6-9-20/h3-4,7,12-13,15,18,21H,5-6,8-11H2,1-2H3,(H,19,22)/t15-/m1/s1. The molecule has 2 rings (SSSR count). The second kappa shape index (κ2) is 8.15. The lowest BCUT2D eigenvalue weighted by atomic mass is 9.96. The smallest absolute Gasteiger partial charge is 0.268 e. The Morgan fingerprint density at radius 2 is 2.09 bits per heavy atom. The molecule has 0 aromatic carbocycles. The number of likely N-dealkylation sites (tertiary alicyclic amines) is 1. The Balaban J connectivity index is 1.99. The highest BCUT2D eigenvalue weighted by Crippen LogP contribution is 2.18. The lowest BCUT2D eigenvalue weighted by Crippen LogP contribution is -2.51. The maximum absolute atomic E-state index is 12.8. The van der Waals surface area contributed by atoms with Crippen molar-refractivity contribution in [1.82, 2.24) is 15.2 Å². The fourth-order valence-electron chi connectivity index (χ4n) is 2.96. The number of piperidine rings is 1. The van der Waals surface area contributed by atoms with E-state index in [0.717, 1.165) is 12.8 Å². The first-order valence-electron chi connectivity index (χ1n) is 8.35. The van der Waals surface area contributed by atoms with Crippen LogP contribution < -0.4 is 5.32 Å². The molecular formula is C17H27N3O3. The molecule has 0 bridgehead atoms. The van der Waals surface area contributed by atoms with Crippen LogP contribution in [0.25, 0.3) is 0 Å². The Kier molecular flexibility index (Phi) is 6.21. The van der Waals surface area contributed by atoms with Gasteiger partial charge in [-0.25, -0.2) is 0 Å². The van der Waals surface area contributed by atoms with Crippen molar-refractivity contribution in [2.24, 2.45) is 11.8 Å². The Labute approximate surface area is 137 Å². The van der Waals surface area contributed by atoms with Crippen LogP contribution >= 0.6 is 0 Å². The number of carbonyl (C=O) groups excluding carboxylic acids is 2. The van der Waals surface area contributed by atoms with Crippen molar-refractivity contribution < 1.29 is 14.7 Å². The summed E-state index contributed by atoms with van der Waals surface area (Å²) in [5.41, 5.74) is 0.463. The summed E-state index contributed by atoms with van der Waals surface area (Å²) >= 11 is 0. The second-order valence-electron chi connectivity index (χ2n) is 6.69. The van der Waals surface area contributed by atoms with Gasteiger partial charge in [-0.1, -0.05) is 13.8 Å². The van der Waals surface area contributed by atoms with Crippen LogP contribution in [0.2, 0.25) is 0 Å². The summed E-state index contributed by atoms with van der Waals surface area (Å²) in [6.45, 7) is 5.56. The zero-order valence-electron chi connectivity index (χ0n) is 13.9. The number of hydrogen-bond acceptors (Lipinski definition) is 3. The number of H-pyrrole nitrogens is 1. The van der Waals surface area contributed by atoms with Gasteiger partial charge < -0.3 is 20.3 Å². The zero-order valence-corrected chi connectivity index (χ0v) is 13.9. The number of aliphatic hydroxyl groups excluding tert-OH is 1. The van der Waals surface area contributed by atoms with E-state index in [1.54, 1.807) is 18.3 Å². The van der Waals surface area contributed by atoms with Crippen LogP contribution in [0.5, 0.6) is 0 Å². The summed E-state index contributed by atoms with van der Waals surface area (Å²) in [6.07, 6.45) is 3.95. The minimum absolute atomic E-state index is 0.0185. The van der Waals surface area contributed by atoms with Gasteiger partial charge in [0, 0.05) is 25.9 Å². The molecule has 0 spiro atoms. The Hall–Kier alpha value is -1.82. The fourth-order valence-corrected chi connectivity index (χ4v) is 2.96. The second-order valence-corrected chi connectivity index (χ2v) is 6.69. The third-order valence-electron chi connectivity index (χ3n) is 4.34. The Bertz CT molecular complexity index is 505. The van der Waals surface area contributed by atoms with Gasteiger partial charge in [0.05, 0.1) is 0 Å². The SMILES string of the molecule is CC(C)C[C@@H](NC(=O)c1ccc[nH]1)C(=O)N1CCC(CO)CC1. The van der Waals surface area contributed by atoms with Gasteiger partial charge in [0.1, 0.15) is 11.7 Å². The molecule has 0 saturated carbocycles. The lowest BCUT2D eigenvalue weighted by Gasteiger charge is -2.34. The first kappa shape index (κ1) is 17.5. The van der Waals surface area contributed by atoms with Gasteiger partial charge in [0.2, 0.25) is 5.91 Å². The minimum atomic E-state index is -0.503. The van der Waals surface area contributed by atoms with Crippen molar-refractivity contribution in [2.75, 3.05) is 19.7 Å². The highest BCUT2D eigenvalue weighted by Gasteiger charge is 2.29. The molecule has 6 heteroatoms. The van der Waals surface area contributed by atoms with Crippen LogP contribution in [0.15, 0.2) is 18.3 Å². The van der Waals surface area contributed by atoms with Crippen molar-refractivity contribution in [1.29, 1.82) is 0 Å². The molecule has 1 aromatic rings. The van der Waals surface area contributed by atoms with E-state index in [4.69, 9.17) is 0 Å². The molecule has 1 atom stereocenters. The molecule has 1 aliphatic rings. The first-order valence-corrected chi connectivity index (χ1v) is 8.35. The van der Waals surface area contributed by atoms with Gasteiger partial charge in [-0.3, -0.25) is 9.59 Å². The number of rotatable bonds is 6. The predicted molar refractivity (Wildman–Crippen MR) is 87.9 cm³/mol. The van der Waals surface area contributed by atoms with Crippen LogP contribution in [-0.4, -0.2) is 52.5 Å². The molecule has 1 fully saturated rings. The van der Waals surface area contributed by atoms with E-state index in [1.165, 1.54) is 0 Å². The van der Waals surface area contributed by atoms with Crippen LogP contribution in [0.3, 0.4) is 0 Å². The fraction of sp³-hybridized carbons (Fsp3) is 0.647. The minimum Gasteiger partial charge on any atom is -0.396 e. The van der Waals surface area contributed by atoms with Crippen molar-refractivity contribution in [2.45, 2.75) is 39.2 Å². The highest BCUT2D eigenvalue weighted by atomic mass is 16.3. The van der Waals surface area contributed by atoms with Crippen LogP contribution in [0.1, 0.15) is 43.6 Å². The van der Waals surface area contributed by atoms with Gasteiger partial charge >= 0.3 is 0 Å². The third-order valence-corrected chi connectivity index (χ3v) is 4.34. The lowest BCUT2D eigenvalue weighted by molar-refractivity contribution is -0.135. The van der Waals surface area contributed by atoms with E-state index in [0.29, 0.717) is 31.1 Å². The van der Waals surface area contributed by atoms with Crippen molar-refractivity contribution in [3.8, 4) is 0 Å². The van der Waals surface area contributed by atoms with E-state index < -0.39 is 6.04 Å². The van der Waals surface area contributed by atoms with Crippen LogP contribution in [-0.2, 0) is 4.79 Å². The van der Waals surface area contributed by atoms with E-state index in [1.807, 2.05) is 18.7 Å². The Morgan fingerprint density at radius 3 is 2.61 bits per heavy atom. The maximum atomic E-state index is 12.8. The number of amides is 2. The van der Waals surface area contributed by atoms with Crippen LogP contribution in [0, 0.1) is 11.8 Å². The summed E-state index contributed by atoms with van der Waals surface area (Å²) in [5, 5.41) is 12.1. The summed E-state index contributed by atoms with van der Waals surface area (Å²) in [5.74, 6) is 0.327. The van der Waals surface area contributed by atoms with Gasteiger partial charge in [-0.05, 0) is 43.2 Å². The molecule has 0 radical (unpaired) electrons. The molecule has 0 aliphatic carbocycles. The van der Waals surface area contributed by atoms with Gasteiger partial charge in [0.15, 0.2) is 0 Å². The maximum Gasteiger partial charge on any atom is 0.268 e. The Morgan fingerprint density at radius 1 is 1.39 bits per heavy atom. The molecule has 2 amide bonds. The zero-order chi connectivity index (χ0) is 16.8. The average molecular weight is 321 g/mol. The highest BCUT2D eigenvalue weighted by molar-refractivity contribution is 5.96. The average Bonchev–Trinajstić information content (AvgIpc) is 3.07. The van der Waals surface area contributed by atoms with Gasteiger partial charge in [-0.15, -0.1) is 0 Å². The first-order chi connectivity index (χ1) is 11.0. The van der Waals surface area contributed by atoms with E-state index in [9.17, 15) is 14.7 Å². The molecular weight excluding hydrogens is 294 g/mol. The topological polar surface area (TPSA) is 85.4 Å². The molecule has 23 heavy (non-hydrogen) atoms. The molecule has 3 N–H and O–H groups in total. The molecule has 1 saturated heterocycles. The molecule has 6 nitrogen and oxygen atoms in total. The summed E-state index contributed by atoms with van der Waals surface area (Å²) in [6, 6.07) is 2.95. The largest absolute Gasteiger partial charge is 0.396 e. The van der Waals surface area contributed by atoms with Crippen molar-refractivity contribution >= 4 is 11.8 Å². The van der Waals surface area contributed by atoms with E-state index in [-0.39, 0.29) is 24.3 Å². The van der Waals surface area contributed by atoms with E-state index in [2.05, 4.69) is 10.3 Å². The molecule has 1 aromatic heterocycles. The predicted octanol–water partition coefficient (Wildman–Crippen LogP) is 1.39. The quantitative estimate of drug-likeness (QED) is 0.740. The van der Waals surface area contributed by atoms with Crippen molar-refractivity contribution in [3.05, 3.63) is 24.0 Å². The van der Waals surface area contributed by atoms with E-state index >= 15 is 0 Å². The molecule has 0 unspecified atom stereocenters. The molecule has 1 aliphatic heterocycles. The number of nitrogens with one attached hydrogen (secondary N) is 2. The molecule has 128 valence electrons. The number of aromatic amines is 1. The van der Waals surface area contributed by atoms with Crippen molar-refractivity contribution in [3.63, 3.8) is 0 Å². The molecule has 2 heterocycles. The normalized spacial score (nSPS) is 17.3. The number of nitrogens with zero attached hydrogens (tertiary/aromatic N) is 1. The monoisotopic (exact) mass is 321 g/mol. The number of aliphatic hydroxyl groups is 1. The summed E-state index contributed by atoms with van der Waals surface area (Å²) in [7, 11) is 0. The third kappa shape index (κ3) is 4.82. The number of carbonyl (C=O) groups is 2.